The lowest BCUT2D eigenvalue weighted by molar-refractivity contribution is 0.475. The van der Waals surface area contributed by atoms with Crippen molar-refractivity contribution in [2.45, 2.75) is 0 Å². The molecule has 0 radical (unpaired) electrons. The van der Waals surface area contributed by atoms with Crippen LogP contribution in [0.15, 0.2) is 71.9 Å². The summed E-state index contributed by atoms with van der Waals surface area (Å²) >= 11 is 12.4. The summed E-state index contributed by atoms with van der Waals surface area (Å²) in [4.78, 5) is 9.32. The van der Waals surface area contributed by atoms with Crippen LogP contribution in [0.1, 0.15) is 5.56 Å². The van der Waals surface area contributed by atoms with Crippen LogP contribution in [0.3, 0.4) is 0 Å². The third-order valence-corrected chi connectivity index (χ3v) is 4.47. The first-order valence-electron chi connectivity index (χ1n) is 7.87. The summed E-state index contributed by atoms with van der Waals surface area (Å²) in [5.41, 5.74) is 3.07. The van der Waals surface area contributed by atoms with Crippen molar-refractivity contribution in [3.63, 3.8) is 0 Å². The summed E-state index contributed by atoms with van der Waals surface area (Å²) in [5.74, 6) is 0.878. The smallest absolute Gasteiger partial charge is 0.165 e. The van der Waals surface area contributed by atoms with Gasteiger partial charge in [-0.15, -0.1) is 0 Å². The Morgan fingerprint density at radius 1 is 1.00 bits per heavy atom. The first-order valence-corrected chi connectivity index (χ1v) is 8.63. The molecule has 4 aromatic rings. The van der Waals surface area contributed by atoms with E-state index >= 15 is 0 Å². The molecule has 0 aliphatic carbocycles. The number of aromatic nitrogens is 2. The second kappa shape index (κ2) is 6.83. The number of pyridine rings is 1. The Hall–Kier alpha value is -2.82. The van der Waals surface area contributed by atoms with Crippen molar-refractivity contribution < 1.29 is 5.11 Å². The molecule has 0 atom stereocenters. The van der Waals surface area contributed by atoms with Crippen LogP contribution in [0.4, 0.5) is 5.82 Å². The number of imidazole rings is 1. The molecule has 2 heterocycles. The van der Waals surface area contributed by atoms with Gasteiger partial charge in [-0.25, -0.2) is 9.98 Å². The number of nitrogens with zero attached hydrogens (tertiary/aromatic N) is 3. The largest absolute Gasteiger partial charge is 0.508 e. The Bertz CT molecular complexity index is 1120. The number of aliphatic imine (C=N–C) groups is 1. The van der Waals surface area contributed by atoms with Crippen molar-refractivity contribution in [1.29, 1.82) is 0 Å². The Labute approximate surface area is 160 Å². The monoisotopic (exact) mass is 381 g/mol. The number of halogens is 2. The molecule has 2 aromatic heterocycles. The van der Waals surface area contributed by atoms with Gasteiger partial charge < -0.3 is 5.11 Å². The Balaban J connectivity index is 1.88. The molecule has 0 aliphatic rings. The summed E-state index contributed by atoms with van der Waals surface area (Å²) in [7, 11) is 0. The molecule has 6 heteroatoms. The van der Waals surface area contributed by atoms with Crippen LogP contribution in [0, 0.1) is 0 Å². The summed E-state index contributed by atoms with van der Waals surface area (Å²) in [6, 6.07) is 17.9. The van der Waals surface area contributed by atoms with Crippen molar-refractivity contribution in [2.75, 3.05) is 0 Å². The zero-order chi connectivity index (χ0) is 18.1. The fraction of sp³-hybridized carbons (Fsp3) is 0. The summed E-state index contributed by atoms with van der Waals surface area (Å²) in [6.45, 7) is 0. The number of hydrogen-bond acceptors (Lipinski definition) is 3. The molecule has 0 fully saturated rings. The maximum atomic E-state index is 9.41. The topological polar surface area (TPSA) is 49.9 Å². The third kappa shape index (κ3) is 3.17. The molecule has 1 N–H and O–H groups in total. The van der Waals surface area contributed by atoms with E-state index in [1.807, 2.05) is 34.9 Å². The minimum Gasteiger partial charge on any atom is -0.508 e. The SMILES string of the molecule is Oc1ccc(C=Nc2c(-c3ccc(Cl)cc3Cl)nc3ccccn23)cc1. The molecule has 4 rings (SSSR count). The maximum Gasteiger partial charge on any atom is 0.165 e. The standard InChI is InChI=1S/C20H13Cl2N3O/c21-14-6-9-16(17(22)11-14)19-20(25-10-2-1-3-18(25)24-19)23-12-13-4-7-15(26)8-5-13/h1-12,26H. The van der Waals surface area contributed by atoms with Gasteiger partial charge in [-0.1, -0.05) is 29.3 Å². The van der Waals surface area contributed by atoms with Crippen LogP contribution in [0.25, 0.3) is 16.9 Å². The number of rotatable bonds is 3. The highest BCUT2D eigenvalue weighted by molar-refractivity contribution is 6.36. The van der Waals surface area contributed by atoms with Gasteiger partial charge in [0.25, 0.3) is 0 Å². The number of hydrogen-bond donors (Lipinski definition) is 1. The lowest BCUT2D eigenvalue weighted by Gasteiger charge is -2.03. The van der Waals surface area contributed by atoms with Gasteiger partial charge in [-0.2, -0.15) is 0 Å². The van der Waals surface area contributed by atoms with E-state index in [0.29, 0.717) is 21.6 Å². The van der Waals surface area contributed by atoms with E-state index in [1.54, 1.807) is 42.6 Å². The lowest BCUT2D eigenvalue weighted by Crippen LogP contribution is -1.85. The molecule has 0 saturated heterocycles. The molecular weight excluding hydrogens is 369 g/mol. The van der Waals surface area contributed by atoms with Gasteiger partial charge in [0.1, 0.15) is 17.1 Å². The zero-order valence-electron chi connectivity index (χ0n) is 13.5. The molecule has 0 bridgehead atoms. The normalized spacial score (nSPS) is 11.5. The second-order valence-electron chi connectivity index (χ2n) is 5.69. The highest BCUT2D eigenvalue weighted by Gasteiger charge is 2.15. The van der Waals surface area contributed by atoms with Gasteiger partial charge in [0.2, 0.25) is 0 Å². The summed E-state index contributed by atoms with van der Waals surface area (Å²) in [5, 5.41) is 10.5. The quantitative estimate of drug-likeness (QED) is 0.458. The highest BCUT2D eigenvalue weighted by Crippen LogP contribution is 2.36. The van der Waals surface area contributed by atoms with Gasteiger partial charge in [0.05, 0.1) is 5.02 Å². The molecule has 0 aliphatic heterocycles. The predicted octanol–water partition coefficient (Wildman–Crippen LogP) is 5.76. The second-order valence-corrected chi connectivity index (χ2v) is 6.53. The van der Waals surface area contributed by atoms with Gasteiger partial charge in [0, 0.05) is 23.0 Å². The maximum absolute atomic E-state index is 9.41. The van der Waals surface area contributed by atoms with E-state index in [0.717, 1.165) is 16.8 Å². The van der Waals surface area contributed by atoms with Crippen LogP contribution in [0.2, 0.25) is 10.0 Å². The molecule has 26 heavy (non-hydrogen) atoms. The van der Waals surface area contributed by atoms with E-state index in [4.69, 9.17) is 23.2 Å². The minimum absolute atomic E-state index is 0.214. The minimum atomic E-state index is 0.214. The highest BCUT2D eigenvalue weighted by atomic mass is 35.5. The molecule has 2 aromatic carbocycles. The average molecular weight is 382 g/mol. The number of phenolic OH excluding ortho intramolecular Hbond substituents is 1. The number of aromatic hydroxyl groups is 1. The van der Waals surface area contributed by atoms with Crippen LogP contribution in [-0.4, -0.2) is 20.7 Å². The van der Waals surface area contributed by atoms with E-state index < -0.39 is 0 Å². The fourth-order valence-electron chi connectivity index (χ4n) is 2.66. The number of fused-ring (bicyclic) bond motifs is 1. The van der Waals surface area contributed by atoms with E-state index in [2.05, 4.69) is 9.98 Å². The Kier molecular flexibility index (Phi) is 4.37. The van der Waals surface area contributed by atoms with E-state index in [1.165, 1.54) is 0 Å². The Morgan fingerprint density at radius 3 is 2.58 bits per heavy atom. The molecule has 0 saturated carbocycles. The van der Waals surface area contributed by atoms with Gasteiger partial charge in [0.15, 0.2) is 5.82 Å². The number of phenols is 1. The van der Waals surface area contributed by atoms with Crippen LogP contribution in [-0.2, 0) is 0 Å². The van der Waals surface area contributed by atoms with Crippen LogP contribution in [0.5, 0.6) is 5.75 Å². The van der Waals surface area contributed by atoms with Crippen molar-refractivity contribution in [3.8, 4) is 17.0 Å². The first kappa shape index (κ1) is 16.6. The first-order chi connectivity index (χ1) is 12.6. The average Bonchev–Trinajstić information content (AvgIpc) is 2.99. The summed E-state index contributed by atoms with van der Waals surface area (Å²) < 4.78 is 1.90. The molecule has 0 spiro atoms. The Morgan fingerprint density at radius 2 is 1.81 bits per heavy atom. The van der Waals surface area contributed by atoms with Crippen molar-refractivity contribution in [2.24, 2.45) is 4.99 Å². The predicted molar refractivity (Wildman–Crippen MR) is 106 cm³/mol. The van der Waals surface area contributed by atoms with Crippen molar-refractivity contribution in [1.82, 2.24) is 9.38 Å². The van der Waals surface area contributed by atoms with E-state index in [-0.39, 0.29) is 5.75 Å². The molecular formula is C20H13Cl2N3O. The van der Waals surface area contributed by atoms with Gasteiger partial charge in [-0.05, 0) is 60.2 Å². The van der Waals surface area contributed by atoms with Crippen LogP contribution >= 0.6 is 23.2 Å². The zero-order valence-corrected chi connectivity index (χ0v) is 15.0. The van der Waals surface area contributed by atoms with E-state index in [9.17, 15) is 5.11 Å². The summed E-state index contributed by atoms with van der Waals surface area (Å²) in [6.07, 6.45) is 3.63. The van der Waals surface area contributed by atoms with Gasteiger partial charge >= 0.3 is 0 Å². The van der Waals surface area contributed by atoms with Crippen LogP contribution < -0.4 is 0 Å². The fourth-order valence-corrected chi connectivity index (χ4v) is 3.16. The molecule has 0 unspecified atom stereocenters. The lowest BCUT2D eigenvalue weighted by atomic mass is 10.1. The van der Waals surface area contributed by atoms with Crippen molar-refractivity contribution in [3.05, 3.63) is 82.5 Å². The third-order valence-electron chi connectivity index (χ3n) is 3.92. The molecule has 0 amide bonds. The molecule has 4 nitrogen and oxygen atoms in total. The molecule has 128 valence electrons. The number of benzene rings is 2. The van der Waals surface area contributed by atoms with Gasteiger partial charge in [-0.3, -0.25) is 4.40 Å². The van der Waals surface area contributed by atoms with Crippen molar-refractivity contribution >= 4 is 40.9 Å².